The third-order valence-electron chi connectivity index (χ3n) is 3.04. The molecule has 1 aromatic carbocycles. The van der Waals surface area contributed by atoms with Gasteiger partial charge in [-0.05, 0) is 30.2 Å². The van der Waals surface area contributed by atoms with Gasteiger partial charge >= 0.3 is 12.0 Å². The number of benzene rings is 1. The maximum atomic E-state index is 11.8. The van der Waals surface area contributed by atoms with Crippen LogP contribution in [0.15, 0.2) is 24.3 Å². The second-order valence-electron chi connectivity index (χ2n) is 4.49. The Morgan fingerprint density at radius 3 is 2.40 bits per heavy atom. The quantitative estimate of drug-likeness (QED) is 0.766. The first-order chi connectivity index (χ1) is 9.47. The summed E-state index contributed by atoms with van der Waals surface area (Å²) < 4.78 is 0. The van der Waals surface area contributed by atoms with E-state index < -0.39 is 18.0 Å². The molecule has 0 radical (unpaired) electrons. The maximum absolute atomic E-state index is 11.8. The summed E-state index contributed by atoms with van der Waals surface area (Å²) in [7, 11) is 0. The van der Waals surface area contributed by atoms with E-state index in [0.717, 1.165) is 0 Å². The summed E-state index contributed by atoms with van der Waals surface area (Å²) in [6, 6.07) is 6.76. The minimum Gasteiger partial charge on any atom is -0.480 e. The van der Waals surface area contributed by atoms with E-state index in [4.69, 9.17) is 10.4 Å². The van der Waals surface area contributed by atoms with Crippen molar-refractivity contribution in [3.8, 4) is 6.07 Å². The van der Waals surface area contributed by atoms with Gasteiger partial charge in [-0.3, -0.25) is 0 Å². The molecule has 0 saturated heterocycles. The van der Waals surface area contributed by atoms with Crippen LogP contribution in [0.5, 0.6) is 0 Å². The molecule has 0 bridgehead atoms. The molecular weight excluding hydrogens is 258 g/mol. The van der Waals surface area contributed by atoms with Gasteiger partial charge in [0.2, 0.25) is 0 Å². The van der Waals surface area contributed by atoms with Crippen molar-refractivity contribution >= 4 is 17.7 Å². The van der Waals surface area contributed by atoms with Crippen LogP contribution in [0, 0.1) is 17.2 Å². The largest absolute Gasteiger partial charge is 0.480 e. The first kappa shape index (κ1) is 15.5. The summed E-state index contributed by atoms with van der Waals surface area (Å²) in [6.07, 6.45) is 0.647. The van der Waals surface area contributed by atoms with Crippen LogP contribution < -0.4 is 10.6 Å². The molecule has 20 heavy (non-hydrogen) atoms. The highest BCUT2D eigenvalue weighted by molar-refractivity contribution is 5.92. The Bertz CT molecular complexity index is 519. The maximum Gasteiger partial charge on any atom is 0.326 e. The number of hydrogen-bond donors (Lipinski definition) is 3. The van der Waals surface area contributed by atoms with E-state index in [9.17, 15) is 9.59 Å². The molecule has 1 rings (SSSR count). The predicted octanol–water partition coefficient (Wildman–Crippen LogP) is 2.18. The zero-order chi connectivity index (χ0) is 15.1. The fourth-order valence-corrected chi connectivity index (χ4v) is 1.62. The number of carbonyl (C=O) groups is 2. The highest BCUT2D eigenvalue weighted by atomic mass is 16.4. The number of nitrogens with one attached hydrogen (secondary N) is 2. The SMILES string of the molecule is CCC(C)C(NC(=O)Nc1ccc(C#N)cc1)C(=O)O. The molecule has 2 atom stereocenters. The molecule has 6 heteroatoms. The van der Waals surface area contributed by atoms with E-state index in [-0.39, 0.29) is 5.92 Å². The van der Waals surface area contributed by atoms with Crippen molar-refractivity contribution in [1.82, 2.24) is 5.32 Å². The van der Waals surface area contributed by atoms with Crippen LogP contribution in [0.2, 0.25) is 0 Å². The van der Waals surface area contributed by atoms with Gasteiger partial charge < -0.3 is 15.7 Å². The third kappa shape index (κ3) is 4.28. The number of nitrogens with zero attached hydrogens (tertiary/aromatic N) is 1. The first-order valence-electron chi connectivity index (χ1n) is 6.28. The summed E-state index contributed by atoms with van der Waals surface area (Å²) in [4.78, 5) is 22.8. The van der Waals surface area contributed by atoms with Gasteiger partial charge in [0.05, 0.1) is 11.6 Å². The van der Waals surface area contributed by atoms with Crippen molar-refractivity contribution in [1.29, 1.82) is 5.26 Å². The number of hydrogen-bond acceptors (Lipinski definition) is 3. The predicted molar refractivity (Wildman–Crippen MR) is 74.2 cm³/mol. The van der Waals surface area contributed by atoms with Gasteiger partial charge in [-0.2, -0.15) is 5.26 Å². The van der Waals surface area contributed by atoms with E-state index in [1.807, 2.05) is 13.0 Å². The normalized spacial score (nSPS) is 12.8. The molecule has 0 spiro atoms. The van der Waals surface area contributed by atoms with Crippen molar-refractivity contribution in [2.75, 3.05) is 5.32 Å². The van der Waals surface area contributed by atoms with E-state index >= 15 is 0 Å². The van der Waals surface area contributed by atoms with Crippen molar-refractivity contribution in [3.63, 3.8) is 0 Å². The molecule has 0 fully saturated rings. The number of urea groups is 1. The van der Waals surface area contributed by atoms with Gasteiger partial charge in [0, 0.05) is 5.69 Å². The minimum absolute atomic E-state index is 0.167. The summed E-state index contributed by atoms with van der Waals surface area (Å²) in [5.74, 6) is -1.23. The van der Waals surface area contributed by atoms with Crippen LogP contribution in [0.4, 0.5) is 10.5 Å². The second-order valence-corrected chi connectivity index (χ2v) is 4.49. The number of aliphatic carboxylic acids is 1. The summed E-state index contributed by atoms with van der Waals surface area (Å²) in [6.45, 7) is 3.63. The molecule has 0 aliphatic rings. The fourth-order valence-electron chi connectivity index (χ4n) is 1.62. The molecule has 2 amide bonds. The number of carboxylic acids is 1. The van der Waals surface area contributed by atoms with E-state index in [1.165, 1.54) is 0 Å². The molecule has 0 heterocycles. The highest BCUT2D eigenvalue weighted by Gasteiger charge is 2.25. The molecule has 6 nitrogen and oxygen atoms in total. The lowest BCUT2D eigenvalue weighted by Gasteiger charge is -2.20. The Morgan fingerprint density at radius 2 is 1.95 bits per heavy atom. The van der Waals surface area contributed by atoms with Crippen molar-refractivity contribution in [3.05, 3.63) is 29.8 Å². The zero-order valence-corrected chi connectivity index (χ0v) is 11.4. The Hall–Kier alpha value is -2.55. The average Bonchev–Trinajstić information content (AvgIpc) is 2.44. The lowest BCUT2D eigenvalue weighted by atomic mass is 9.99. The fraction of sp³-hybridized carbons (Fsp3) is 0.357. The average molecular weight is 275 g/mol. The topological polar surface area (TPSA) is 102 Å². The van der Waals surface area contributed by atoms with Crippen LogP contribution in [0.3, 0.4) is 0 Å². The summed E-state index contributed by atoms with van der Waals surface area (Å²) in [5, 5.41) is 22.7. The molecular formula is C14H17N3O3. The number of carboxylic acid groups (broad SMARTS) is 1. The molecule has 3 N–H and O–H groups in total. The number of nitriles is 1. The van der Waals surface area contributed by atoms with Gasteiger partial charge in [-0.1, -0.05) is 20.3 Å². The second kappa shape index (κ2) is 7.14. The molecule has 0 aromatic heterocycles. The Labute approximate surface area is 117 Å². The summed E-state index contributed by atoms with van der Waals surface area (Å²) in [5.41, 5.74) is 0.980. The molecule has 0 saturated carbocycles. The monoisotopic (exact) mass is 275 g/mol. The van der Waals surface area contributed by atoms with Crippen LogP contribution >= 0.6 is 0 Å². The van der Waals surface area contributed by atoms with Crippen molar-refractivity contribution in [2.45, 2.75) is 26.3 Å². The molecule has 0 aliphatic heterocycles. The van der Waals surface area contributed by atoms with Gasteiger partial charge in [-0.25, -0.2) is 9.59 Å². The highest BCUT2D eigenvalue weighted by Crippen LogP contribution is 2.10. The lowest BCUT2D eigenvalue weighted by Crippen LogP contribution is -2.46. The van der Waals surface area contributed by atoms with Crippen LogP contribution in [-0.4, -0.2) is 23.1 Å². The number of carbonyl (C=O) groups excluding carboxylic acids is 1. The van der Waals surface area contributed by atoms with E-state index in [0.29, 0.717) is 17.7 Å². The van der Waals surface area contributed by atoms with Crippen LogP contribution in [0.1, 0.15) is 25.8 Å². The van der Waals surface area contributed by atoms with E-state index in [1.54, 1.807) is 31.2 Å². The molecule has 2 unspecified atom stereocenters. The Morgan fingerprint density at radius 1 is 1.35 bits per heavy atom. The third-order valence-corrected chi connectivity index (χ3v) is 3.04. The van der Waals surface area contributed by atoms with Gasteiger partial charge in [0.15, 0.2) is 0 Å². The van der Waals surface area contributed by atoms with Crippen LogP contribution in [0.25, 0.3) is 0 Å². The van der Waals surface area contributed by atoms with Crippen molar-refractivity contribution in [2.24, 2.45) is 5.92 Å². The Kier molecular flexibility index (Phi) is 5.54. The standard InChI is InChI=1S/C14H17N3O3/c1-3-9(2)12(13(18)19)17-14(20)16-11-6-4-10(8-15)5-7-11/h4-7,9,12H,3H2,1-2H3,(H,18,19)(H2,16,17,20). The lowest BCUT2D eigenvalue weighted by molar-refractivity contribution is -0.140. The Balaban J connectivity index is 2.65. The molecule has 0 aliphatic carbocycles. The van der Waals surface area contributed by atoms with Gasteiger partial charge in [0.1, 0.15) is 6.04 Å². The number of rotatable bonds is 5. The van der Waals surface area contributed by atoms with E-state index in [2.05, 4.69) is 10.6 Å². The number of anilines is 1. The molecule has 1 aromatic rings. The summed E-state index contributed by atoms with van der Waals surface area (Å²) >= 11 is 0. The zero-order valence-electron chi connectivity index (χ0n) is 11.4. The minimum atomic E-state index is -1.06. The molecule has 106 valence electrons. The van der Waals surface area contributed by atoms with Crippen molar-refractivity contribution < 1.29 is 14.7 Å². The number of amides is 2. The smallest absolute Gasteiger partial charge is 0.326 e. The van der Waals surface area contributed by atoms with Gasteiger partial charge in [-0.15, -0.1) is 0 Å². The van der Waals surface area contributed by atoms with Crippen LogP contribution in [-0.2, 0) is 4.79 Å². The van der Waals surface area contributed by atoms with Gasteiger partial charge in [0.25, 0.3) is 0 Å². The first-order valence-corrected chi connectivity index (χ1v) is 6.28.